The molecule has 1 aliphatic heterocycles. The summed E-state index contributed by atoms with van der Waals surface area (Å²) in [5, 5.41) is 10.5. The Morgan fingerprint density at radius 3 is 2.71 bits per heavy atom. The van der Waals surface area contributed by atoms with Crippen molar-refractivity contribution in [2.24, 2.45) is 0 Å². The van der Waals surface area contributed by atoms with Crippen LogP contribution < -0.4 is 0 Å². The lowest BCUT2D eigenvalue weighted by molar-refractivity contribution is -0.0686. The summed E-state index contributed by atoms with van der Waals surface area (Å²) in [6, 6.07) is 1.46. The van der Waals surface area contributed by atoms with Crippen LogP contribution in [0.3, 0.4) is 0 Å². The Kier molecular flexibility index (Phi) is 5.45. The Labute approximate surface area is 140 Å². The SMILES string of the molecule is Cc1ccc(F)c(C(O)C2COCCN2C(=O)OC(C)(C)C)c1F. The van der Waals surface area contributed by atoms with E-state index in [4.69, 9.17) is 9.47 Å². The number of ether oxygens (including phenoxy) is 2. The molecule has 5 nitrogen and oxygen atoms in total. The molecule has 1 heterocycles. The number of aliphatic hydroxyl groups excluding tert-OH is 1. The van der Waals surface area contributed by atoms with Gasteiger partial charge in [0, 0.05) is 6.54 Å². The van der Waals surface area contributed by atoms with Crippen LogP contribution in [0.1, 0.15) is 38.0 Å². The van der Waals surface area contributed by atoms with Gasteiger partial charge in [-0.1, -0.05) is 6.07 Å². The number of rotatable bonds is 2. The van der Waals surface area contributed by atoms with E-state index < -0.39 is 41.0 Å². The van der Waals surface area contributed by atoms with E-state index in [0.717, 1.165) is 6.07 Å². The van der Waals surface area contributed by atoms with Crippen molar-refractivity contribution in [2.45, 2.75) is 45.4 Å². The fraction of sp³-hybridized carbons (Fsp3) is 0.588. The number of amides is 1. The first-order valence-electron chi connectivity index (χ1n) is 7.81. The van der Waals surface area contributed by atoms with E-state index in [0.29, 0.717) is 0 Å². The van der Waals surface area contributed by atoms with E-state index in [1.165, 1.54) is 17.9 Å². The van der Waals surface area contributed by atoms with Crippen LogP contribution in [0.25, 0.3) is 0 Å². The van der Waals surface area contributed by atoms with Crippen LogP contribution in [0.15, 0.2) is 12.1 Å². The number of hydrogen-bond donors (Lipinski definition) is 1. The maximum Gasteiger partial charge on any atom is 0.410 e. The maximum absolute atomic E-state index is 14.3. The molecule has 2 unspecified atom stereocenters. The van der Waals surface area contributed by atoms with Crippen molar-refractivity contribution in [3.63, 3.8) is 0 Å². The third kappa shape index (κ3) is 4.02. The fourth-order valence-corrected chi connectivity index (χ4v) is 2.57. The molecule has 1 amide bonds. The van der Waals surface area contributed by atoms with Gasteiger partial charge in [-0.15, -0.1) is 0 Å². The summed E-state index contributed by atoms with van der Waals surface area (Å²) in [7, 11) is 0. The second-order valence-electron chi connectivity index (χ2n) is 6.85. The molecule has 0 saturated carbocycles. The molecule has 134 valence electrons. The average Bonchev–Trinajstić information content (AvgIpc) is 2.49. The molecule has 1 aliphatic rings. The Balaban J connectivity index is 2.30. The molecular weight excluding hydrogens is 320 g/mol. The Morgan fingerprint density at radius 2 is 2.08 bits per heavy atom. The van der Waals surface area contributed by atoms with Gasteiger partial charge in [0.1, 0.15) is 23.3 Å². The highest BCUT2D eigenvalue weighted by Crippen LogP contribution is 2.30. The number of carbonyl (C=O) groups is 1. The summed E-state index contributed by atoms with van der Waals surface area (Å²) >= 11 is 0. The zero-order chi connectivity index (χ0) is 18.1. The van der Waals surface area contributed by atoms with Crippen molar-refractivity contribution in [2.75, 3.05) is 19.8 Å². The Hall–Kier alpha value is -1.73. The van der Waals surface area contributed by atoms with E-state index >= 15 is 0 Å². The van der Waals surface area contributed by atoms with E-state index in [2.05, 4.69) is 0 Å². The normalized spacial score (nSPS) is 20.0. The standard InChI is InChI=1S/C17H23F2NO4/c1-10-5-6-11(18)13(14(10)19)15(21)12-9-23-8-7-20(12)16(22)24-17(2,3)4/h5-6,12,15,21H,7-9H2,1-4H3. The largest absolute Gasteiger partial charge is 0.444 e. The number of aryl methyl sites for hydroxylation is 1. The Morgan fingerprint density at radius 1 is 1.42 bits per heavy atom. The molecule has 0 aliphatic carbocycles. The van der Waals surface area contributed by atoms with E-state index in [-0.39, 0.29) is 25.3 Å². The molecule has 7 heteroatoms. The van der Waals surface area contributed by atoms with Gasteiger partial charge in [0.05, 0.1) is 24.8 Å². The second-order valence-corrected chi connectivity index (χ2v) is 6.85. The van der Waals surface area contributed by atoms with Crippen molar-refractivity contribution in [3.05, 3.63) is 34.9 Å². The molecular formula is C17H23F2NO4. The van der Waals surface area contributed by atoms with Crippen LogP contribution >= 0.6 is 0 Å². The van der Waals surface area contributed by atoms with Crippen LogP contribution in [0.5, 0.6) is 0 Å². The minimum Gasteiger partial charge on any atom is -0.444 e. The monoisotopic (exact) mass is 343 g/mol. The highest BCUT2D eigenvalue weighted by atomic mass is 19.1. The topological polar surface area (TPSA) is 59.0 Å². The molecule has 0 radical (unpaired) electrons. The van der Waals surface area contributed by atoms with Crippen molar-refractivity contribution in [1.29, 1.82) is 0 Å². The number of morpholine rings is 1. The van der Waals surface area contributed by atoms with Gasteiger partial charge >= 0.3 is 6.09 Å². The van der Waals surface area contributed by atoms with Crippen molar-refractivity contribution in [1.82, 2.24) is 4.90 Å². The fourth-order valence-electron chi connectivity index (χ4n) is 2.57. The third-order valence-corrected chi connectivity index (χ3v) is 3.77. The highest BCUT2D eigenvalue weighted by Gasteiger charge is 2.38. The van der Waals surface area contributed by atoms with Gasteiger partial charge in [0.2, 0.25) is 0 Å². The number of halogens is 2. The van der Waals surface area contributed by atoms with Crippen LogP contribution in [-0.4, -0.2) is 47.5 Å². The van der Waals surface area contributed by atoms with Gasteiger partial charge in [-0.05, 0) is 39.3 Å². The summed E-state index contributed by atoms with van der Waals surface area (Å²) in [6.45, 7) is 7.04. The first-order valence-corrected chi connectivity index (χ1v) is 7.81. The van der Waals surface area contributed by atoms with Crippen molar-refractivity contribution >= 4 is 6.09 Å². The van der Waals surface area contributed by atoms with Crippen LogP contribution in [-0.2, 0) is 9.47 Å². The summed E-state index contributed by atoms with van der Waals surface area (Å²) in [6.07, 6.45) is -2.21. The lowest BCUT2D eigenvalue weighted by Gasteiger charge is -2.39. The molecule has 1 N–H and O–H groups in total. The molecule has 1 aromatic carbocycles. The molecule has 0 bridgehead atoms. The molecule has 24 heavy (non-hydrogen) atoms. The average molecular weight is 343 g/mol. The highest BCUT2D eigenvalue weighted by molar-refractivity contribution is 5.69. The minimum atomic E-state index is -1.56. The van der Waals surface area contributed by atoms with Gasteiger partial charge in [0.15, 0.2) is 0 Å². The number of aliphatic hydroxyl groups is 1. The molecule has 1 saturated heterocycles. The van der Waals surface area contributed by atoms with Crippen molar-refractivity contribution in [3.8, 4) is 0 Å². The van der Waals surface area contributed by atoms with Gasteiger partial charge in [-0.25, -0.2) is 13.6 Å². The molecule has 1 fully saturated rings. The summed E-state index contributed by atoms with van der Waals surface area (Å²) < 4.78 is 39.0. The molecule has 2 rings (SSSR count). The zero-order valence-corrected chi connectivity index (χ0v) is 14.3. The molecule has 0 aromatic heterocycles. The van der Waals surface area contributed by atoms with Gasteiger partial charge < -0.3 is 14.6 Å². The number of hydrogen-bond acceptors (Lipinski definition) is 4. The summed E-state index contributed by atoms with van der Waals surface area (Å²) in [4.78, 5) is 13.6. The van der Waals surface area contributed by atoms with Crippen LogP contribution in [0.2, 0.25) is 0 Å². The molecule has 1 aromatic rings. The maximum atomic E-state index is 14.3. The molecule has 2 atom stereocenters. The Bertz CT molecular complexity index is 615. The summed E-state index contributed by atoms with van der Waals surface area (Å²) in [5.74, 6) is -1.68. The molecule has 0 spiro atoms. The first kappa shape index (κ1) is 18.6. The predicted molar refractivity (Wildman–Crippen MR) is 83.6 cm³/mol. The van der Waals surface area contributed by atoms with Crippen LogP contribution in [0, 0.1) is 18.6 Å². The number of benzene rings is 1. The summed E-state index contributed by atoms with van der Waals surface area (Å²) in [5.41, 5.74) is -0.963. The first-order chi connectivity index (χ1) is 11.1. The minimum absolute atomic E-state index is 0.0345. The third-order valence-electron chi connectivity index (χ3n) is 3.77. The van der Waals surface area contributed by atoms with Gasteiger partial charge in [-0.2, -0.15) is 0 Å². The van der Waals surface area contributed by atoms with Gasteiger partial charge in [0.25, 0.3) is 0 Å². The predicted octanol–water partition coefficient (Wildman–Crippen LogP) is 2.94. The zero-order valence-electron chi connectivity index (χ0n) is 14.3. The van der Waals surface area contributed by atoms with E-state index in [1.54, 1.807) is 20.8 Å². The number of nitrogens with zero attached hydrogens (tertiary/aromatic N) is 1. The van der Waals surface area contributed by atoms with E-state index in [9.17, 15) is 18.7 Å². The lowest BCUT2D eigenvalue weighted by Crippen LogP contribution is -2.53. The smallest absolute Gasteiger partial charge is 0.410 e. The van der Waals surface area contributed by atoms with Crippen LogP contribution in [0.4, 0.5) is 13.6 Å². The lowest BCUT2D eigenvalue weighted by atomic mass is 9.97. The second kappa shape index (κ2) is 7.03. The number of carbonyl (C=O) groups excluding carboxylic acids is 1. The van der Waals surface area contributed by atoms with E-state index in [1.807, 2.05) is 0 Å². The van der Waals surface area contributed by atoms with Crippen molar-refractivity contribution < 1.29 is 28.2 Å². The quantitative estimate of drug-likeness (QED) is 0.897. The van der Waals surface area contributed by atoms with Gasteiger partial charge in [-0.3, -0.25) is 4.90 Å².